The van der Waals surface area contributed by atoms with Gasteiger partial charge in [0.15, 0.2) is 6.61 Å². The second kappa shape index (κ2) is 8.34. The van der Waals surface area contributed by atoms with E-state index in [0.717, 1.165) is 0 Å². The zero-order valence-corrected chi connectivity index (χ0v) is 15.0. The predicted molar refractivity (Wildman–Crippen MR) is 94.6 cm³/mol. The number of benzene rings is 2. The van der Waals surface area contributed by atoms with Crippen molar-refractivity contribution in [1.82, 2.24) is 5.32 Å². The Balaban J connectivity index is 2.16. The van der Waals surface area contributed by atoms with Crippen LogP contribution in [-0.4, -0.2) is 41.1 Å². The van der Waals surface area contributed by atoms with Crippen molar-refractivity contribution in [3.05, 3.63) is 54.1 Å². The van der Waals surface area contributed by atoms with Crippen LogP contribution < -0.4 is 14.8 Å². The van der Waals surface area contributed by atoms with Crippen molar-refractivity contribution >= 4 is 27.6 Å². The third-order valence-corrected chi connectivity index (χ3v) is 4.71. The number of likely N-dealkylation sites (N-methyl/N-ethyl adjacent to an activating group) is 1. The van der Waals surface area contributed by atoms with E-state index >= 15 is 0 Å². The molecule has 0 bridgehead atoms. The molecule has 9 heteroatoms. The summed E-state index contributed by atoms with van der Waals surface area (Å²) in [6.07, 6.45) is 0. The molecule has 2 aromatic carbocycles. The second-order valence-corrected chi connectivity index (χ2v) is 6.79. The van der Waals surface area contributed by atoms with Crippen molar-refractivity contribution in [2.45, 2.75) is 4.90 Å². The molecule has 0 fully saturated rings. The third kappa shape index (κ3) is 4.96. The van der Waals surface area contributed by atoms with E-state index in [1.165, 1.54) is 38.4 Å². The molecule has 0 aromatic heterocycles. The quantitative estimate of drug-likeness (QED) is 0.705. The SMILES string of the molecule is CNC(=O)COC(=O)c1cccc(S(=O)(=O)Nc2ccc(OC)cc2)c1. The molecule has 0 heterocycles. The van der Waals surface area contributed by atoms with Crippen LogP contribution in [0.15, 0.2) is 53.4 Å². The molecule has 8 nitrogen and oxygen atoms in total. The average molecular weight is 378 g/mol. The number of carbonyl (C=O) groups is 2. The minimum absolute atomic E-state index is 0.0199. The number of nitrogens with one attached hydrogen (secondary N) is 2. The van der Waals surface area contributed by atoms with Crippen LogP contribution >= 0.6 is 0 Å². The molecule has 138 valence electrons. The van der Waals surface area contributed by atoms with Crippen LogP contribution in [0.1, 0.15) is 10.4 Å². The highest BCUT2D eigenvalue weighted by atomic mass is 32.2. The molecule has 0 spiro atoms. The van der Waals surface area contributed by atoms with E-state index in [4.69, 9.17) is 9.47 Å². The number of esters is 1. The standard InChI is InChI=1S/C17H18N2O6S/c1-18-16(20)11-25-17(21)12-4-3-5-15(10-12)26(22,23)19-13-6-8-14(24-2)9-7-13/h3-10,19H,11H2,1-2H3,(H,18,20). The third-order valence-electron chi connectivity index (χ3n) is 3.34. The van der Waals surface area contributed by atoms with Crippen LogP contribution in [0.4, 0.5) is 5.69 Å². The second-order valence-electron chi connectivity index (χ2n) is 5.11. The van der Waals surface area contributed by atoms with Crippen LogP contribution in [0.3, 0.4) is 0 Å². The van der Waals surface area contributed by atoms with E-state index in [2.05, 4.69) is 10.0 Å². The first-order valence-corrected chi connectivity index (χ1v) is 8.98. The van der Waals surface area contributed by atoms with Gasteiger partial charge < -0.3 is 14.8 Å². The Bertz CT molecular complexity index is 894. The molecule has 2 N–H and O–H groups in total. The van der Waals surface area contributed by atoms with Gasteiger partial charge in [-0.2, -0.15) is 0 Å². The van der Waals surface area contributed by atoms with Crippen LogP contribution in [0.25, 0.3) is 0 Å². The zero-order valence-electron chi connectivity index (χ0n) is 14.2. The summed E-state index contributed by atoms with van der Waals surface area (Å²) in [5.41, 5.74) is 0.366. The van der Waals surface area contributed by atoms with Gasteiger partial charge in [0.1, 0.15) is 5.75 Å². The molecule has 0 aliphatic heterocycles. The summed E-state index contributed by atoms with van der Waals surface area (Å²) >= 11 is 0. The summed E-state index contributed by atoms with van der Waals surface area (Å²) in [7, 11) is -0.984. The number of amides is 1. The Kier molecular flexibility index (Phi) is 6.18. The lowest BCUT2D eigenvalue weighted by Crippen LogP contribution is -2.25. The van der Waals surface area contributed by atoms with Crippen LogP contribution in [0.2, 0.25) is 0 Å². The molecule has 0 saturated heterocycles. The fraction of sp³-hybridized carbons (Fsp3) is 0.176. The molecule has 0 saturated carbocycles. The predicted octanol–water partition coefficient (Wildman–Crippen LogP) is 1.40. The molecule has 1 amide bonds. The Hall–Kier alpha value is -3.07. The van der Waals surface area contributed by atoms with Gasteiger partial charge in [-0.25, -0.2) is 13.2 Å². The van der Waals surface area contributed by atoms with E-state index < -0.39 is 28.5 Å². The van der Waals surface area contributed by atoms with Crippen LogP contribution in [0.5, 0.6) is 5.75 Å². The van der Waals surface area contributed by atoms with Crippen molar-refractivity contribution in [2.75, 3.05) is 25.5 Å². The number of rotatable bonds is 7. The molecule has 0 aliphatic carbocycles. The van der Waals surface area contributed by atoms with Gasteiger partial charge in [0.2, 0.25) is 0 Å². The van der Waals surface area contributed by atoms with E-state index in [9.17, 15) is 18.0 Å². The molecule has 2 rings (SSSR count). The minimum Gasteiger partial charge on any atom is -0.497 e. The smallest absolute Gasteiger partial charge is 0.338 e. The Labute approximate surface area is 151 Å². The summed E-state index contributed by atoms with van der Waals surface area (Å²) in [6, 6.07) is 11.7. The minimum atomic E-state index is -3.90. The van der Waals surface area contributed by atoms with E-state index in [0.29, 0.717) is 11.4 Å². The molecule has 2 aromatic rings. The Morgan fingerprint density at radius 2 is 1.77 bits per heavy atom. The summed E-state index contributed by atoms with van der Waals surface area (Å²) in [4.78, 5) is 23.0. The summed E-state index contributed by atoms with van der Waals surface area (Å²) in [5, 5.41) is 2.31. The molecule has 0 radical (unpaired) electrons. The summed E-state index contributed by atoms with van der Waals surface area (Å²) in [6.45, 7) is -0.448. The first-order chi connectivity index (χ1) is 12.4. The maximum absolute atomic E-state index is 12.5. The maximum atomic E-state index is 12.5. The van der Waals surface area contributed by atoms with Crippen molar-refractivity contribution in [3.63, 3.8) is 0 Å². The van der Waals surface area contributed by atoms with Gasteiger partial charge in [-0.1, -0.05) is 6.07 Å². The number of carbonyl (C=O) groups excluding carboxylic acids is 2. The highest BCUT2D eigenvalue weighted by Crippen LogP contribution is 2.20. The number of methoxy groups -OCH3 is 1. The largest absolute Gasteiger partial charge is 0.497 e. The molecule has 26 heavy (non-hydrogen) atoms. The van der Waals surface area contributed by atoms with Crippen LogP contribution in [-0.2, 0) is 19.6 Å². The highest BCUT2D eigenvalue weighted by molar-refractivity contribution is 7.92. The van der Waals surface area contributed by atoms with Gasteiger partial charge >= 0.3 is 5.97 Å². The number of anilines is 1. The number of hydrogen-bond donors (Lipinski definition) is 2. The normalized spacial score (nSPS) is 10.7. The molecule has 0 atom stereocenters. The number of ether oxygens (including phenoxy) is 2. The van der Waals surface area contributed by atoms with Crippen LogP contribution in [0, 0.1) is 0 Å². The zero-order chi connectivity index (χ0) is 19.2. The van der Waals surface area contributed by atoms with Gasteiger partial charge in [-0.15, -0.1) is 0 Å². The van der Waals surface area contributed by atoms with Crippen molar-refractivity contribution in [1.29, 1.82) is 0 Å². The van der Waals surface area contributed by atoms with Crippen molar-refractivity contribution < 1.29 is 27.5 Å². The van der Waals surface area contributed by atoms with Crippen molar-refractivity contribution in [2.24, 2.45) is 0 Å². The lowest BCUT2D eigenvalue weighted by atomic mass is 10.2. The van der Waals surface area contributed by atoms with E-state index in [1.54, 1.807) is 24.3 Å². The van der Waals surface area contributed by atoms with E-state index in [-0.39, 0.29) is 10.5 Å². The molecule has 0 unspecified atom stereocenters. The monoisotopic (exact) mass is 378 g/mol. The van der Waals surface area contributed by atoms with Gasteiger partial charge in [-0.05, 0) is 42.5 Å². The summed E-state index contributed by atoms with van der Waals surface area (Å²) in [5.74, 6) is -0.674. The first-order valence-electron chi connectivity index (χ1n) is 7.50. The topological polar surface area (TPSA) is 111 Å². The number of hydrogen-bond acceptors (Lipinski definition) is 6. The van der Waals surface area contributed by atoms with Gasteiger partial charge in [-0.3, -0.25) is 9.52 Å². The highest BCUT2D eigenvalue weighted by Gasteiger charge is 2.17. The Morgan fingerprint density at radius 1 is 1.08 bits per heavy atom. The van der Waals surface area contributed by atoms with Gasteiger partial charge in [0, 0.05) is 12.7 Å². The lowest BCUT2D eigenvalue weighted by Gasteiger charge is -2.10. The van der Waals surface area contributed by atoms with E-state index in [1.807, 2.05) is 0 Å². The fourth-order valence-electron chi connectivity index (χ4n) is 1.95. The fourth-order valence-corrected chi connectivity index (χ4v) is 3.05. The molecular weight excluding hydrogens is 360 g/mol. The first kappa shape index (κ1) is 19.3. The van der Waals surface area contributed by atoms with Gasteiger partial charge in [0.05, 0.1) is 17.6 Å². The summed E-state index contributed by atoms with van der Waals surface area (Å²) < 4.78 is 37.2. The molecular formula is C17H18N2O6S. The number of sulfonamides is 1. The lowest BCUT2D eigenvalue weighted by molar-refractivity contribution is -0.123. The average Bonchev–Trinajstić information content (AvgIpc) is 2.66. The Morgan fingerprint density at radius 3 is 2.38 bits per heavy atom. The van der Waals surface area contributed by atoms with Gasteiger partial charge in [0.25, 0.3) is 15.9 Å². The molecule has 0 aliphatic rings. The van der Waals surface area contributed by atoms with Crippen molar-refractivity contribution in [3.8, 4) is 5.75 Å². The maximum Gasteiger partial charge on any atom is 0.338 e.